The molecule has 0 aliphatic rings. The van der Waals surface area contributed by atoms with Gasteiger partial charge in [0.05, 0.1) is 13.1 Å². The molecule has 0 radical (unpaired) electrons. The number of carbonyl (C=O) groups is 1. The van der Waals surface area contributed by atoms with Crippen molar-refractivity contribution in [3.8, 4) is 11.8 Å². The maximum Gasteiger partial charge on any atom is 0.234 e. The molecule has 0 spiro atoms. The maximum absolute atomic E-state index is 10.8. The van der Waals surface area contributed by atoms with E-state index < -0.39 is 0 Å². The molecule has 0 aliphatic heterocycles. The molecule has 0 aliphatic carbocycles. The molecule has 1 aromatic carbocycles. The summed E-state index contributed by atoms with van der Waals surface area (Å²) in [6.07, 6.45) is 2.25. The van der Waals surface area contributed by atoms with Crippen molar-refractivity contribution >= 4 is 5.91 Å². The fourth-order valence-electron chi connectivity index (χ4n) is 1.40. The van der Waals surface area contributed by atoms with Crippen molar-refractivity contribution in [3.05, 3.63) is 35.4 Å². The Morgan fingerprint density at radius 2 is 2.06 bits per heavy atom. The van der Waals surface area contributed by atoms with Gasteiger partial charge in [-0.05, 0) is 24.1 Å². The minimum atomic E-state index is -0.183. The van der Waals surface area contributed by atoms with Gasteiger partial charge in [0.15, 0.2) is 0 Å². The van der Waals surface area contributed by atoms with Gasteiger partial charge >= 0.3 is 0 Å². The van der Waals surface area contributed by atoms with E-state index >= 15 is 0 Å². The monoisotopic (exact) mass is 230 g/mol. The summed E-state index contributed by atoms with van der Waals surface area (Å²) >= 11 is 0. The average Bonchev–Trinajstić information content (AvgIpc) is 2.36. The second kappa shape index (κ2) is 7.48. The largest absolute Gasteiger partial charge is 0.344 e. The Balaban J connectivity index is 2.46. The van der Waals surface area contributed by atoms with Crippen molar-refractivity contribution in [2.75, 3.05) is 13.1 Å². The van der Waals surface area contributed by atoms with E-state index in [2.05, 4.69) is 36.2 Å². The highest BCUT2D eigenvalue weighted by molar-refractivity contribution is 5.77. The summed E-state index contributed by atoms with van der Waals surface area (Å²) < 4.78 is 0. The first-order valence-corrected chi connectivity index (χ1v) is 5.81. The van der Waals surface area contributed by atoms with Gasteiger partial charge in [0.1, 0.15) is 0 Å². The van der Waals surface area contributed by atoms with E-state index in [9.17, 15) is 4.79 Å². The van der Waals surface area contributed by atoms with Gasteiger partial charge in [-0.2, -0.15) is 0 Å². The normalized spacial score (nSPS) is 9.29. The number of amides is 1. The molecule has 0 aromatic heterocycles. The van der Waals surface area contributed by atoms with Crippen molar-refractivity contribution in [3.63, 3.8) is 0 Å². The van der Waals surface area contributed by atoms with E-state index in [4.69, 9.17) is 5.73 Å². The fraction of sp³-hybridized carbons (Fsp3) is 0.357. The van der Waals surface area contributed by atoms with Gasteiger partial charge in [-0.15, -0.1) is 0 Å². The molecule has 0 saturated carbocycles. The molecule has 90 valence electrons. The summed E-state index contributed by atoms with van der Waals surface area (Å²) in [5.74, 6) is 5.69. The number of nitrogens with two attached hydrogens (primary N) is 1. The van der Waals surface area contributed by atoms with Crippen molar-refractivity contribution in [1.29, 1.82) is 0 Å². The number of hydrogen-bond donors (Lipinski definition) is 2. The lowest BCUT2D eigenvalue weighted by Crippen LogP contribution is -2.30. The van der Waals surface area contributed by atoms with E-state index in [-0.39, 0.29) is 12.5 Å². The lowest BCUT2D eigenvalue weighted by atomic mass is 10.1. The van der Waals surface area contributed by atoms with Crippen molar-refractivity contribution in [1.82, 2.24) is 5.32 Å². The van der Waals surface area contributed by atoms with Crippen molar-refractivity contribution in [2.45, 2.75) is 19.8 Å². The van der Waals surface area contributed by atoms with Gasteiger partial charge in [-0.25, -0.2) is 0 Å². The Labute approximate surface area is 102 Å². The molecule has 0 fully saturated rings. The molecule has 0 saturated heterocycles. The standard InChI is InChI=1S/C14H18N2O/c1-2-4-12-6-8-13(9-7-12)5-3-10-16-14(17)11-15/h6-9H,2,4,10-11,15H2,1H3,(H,16,17). The topological polar surface area (TPSA) is 55.1 Å². The first-order chi connectivity index (χ1) is 8.26. The summed E-state index contributed by atoms with van der Waals surface area (Å²) in [6.45, 7) is 2.51. The Bertz CT molecular complexity index is 412. The van der Waals surface area contributed by atoms with Crippen LogP contribution >= 0.6 is 0 Å². The van der Waals surface area contributed by atoms with Gasteiger partial charge in [-0.3, -0.25) is 4.79 Å². The van der Waals surface area contributed by atoms with Crippen LogP contribution in [0.3, 0.4) is 0 Å². The maximum atomic E-state index is 10.8. The molecular formula is C14H18N2O. The lowest BCUT2D eigenvalue weighted by Gasteiger charge is -1.98. The molecule has 1 rings (SSSR count). The minimum Gasteiger partial charge on any atom is -0.344 e. The van der Waals surface area contributed by atoms with Crippen molar-refractivity contribution < 1.29 is 4.79 Å². The molecule has 1 amide bonds. The highest BCUT2D eigenvalue weighted by Crippen LogP contribution is 2.05. The zero-order chi connectivity index (χ0) is 12.5. The van der Waals surface area contributed by atoms with Gasteiger partial charge in [0, 0.05) is 5.56 Å². The molecule has 0 atom stereocenters. The number of rotatable bonds is 4. The number of nitrogens with one attached hydrogen (secondary N) is 1. The Hall–Kier alpha value is -1.79. The third-order valence-corrected chi connectivity index (χ3v) is 2.28. The zero-order valence-corrected chi connectivity index (χ0v) is 10.1. The van der Waals surface area contributed by atoms with Crippen LogP contribution in [0.2, 0.25) is 0 Å². The Morgan fingerprint density at radius 3 is 2.65 bits per heavy atom. The van der Waals surface area contributed by atoms with E-state index in [1.807, 2.05) is 12.1 Å². The number of benzene rings is 1. The summed E-state index contributed by atoms with van der Waals surface area (Å²) in [6, 6.07) is 8.18. The Kier molecular flexibility index (Phi) is 5.84. The molecule has 1 aromatic rings. The van der Waals surface area contributed by atoms with Crippen LogP contribution in [-0.2, 0) is 11.2 Å². The van der Waals surface area contributed by atoms with Crippen LogP contribution in [0.1, 0.15) is 24.5 Å². The molecule has 17 heavy (non-hydrogen) atoms. The molecular weight excluding hydrogens is 212 g/mol. The molecule has 3 nitrogen and oxygen atoms in total. The van der Waals surface area contributed by atoms with E-state index in [1.54, 1.807) is 0 Å². The zero-order valence-electron chi connectivity index (χ0n) is 10.1. The molecule has 0 bridgehead atoms. The van der Waals surface area contributed by atoms with Crippen LogP contribution in [0.25, 0.3) is 0 Å². The van der Waals surface area contributed by atoms with Crippen LogP contribution in [-0.4, -0.2) is 19.0 Å². The van der Waals surface area contributed by atoms with Gasteiger partial charge < -0.3 is 11.1 Å². The van der Waals surface area contributed by atoms with Crippen LogP contribution in [0, 0.1) is 11.8 Å². The summed E-state index contributed by atoms with van der Waals surface area (Å²) in [4.78, 5) is 10.8. The van der Waals surface area contributed by atoms with Crippen LogP contribution < -0.4 is 11.1 Å². The SMILES string of the molecule is CCCc1ccc(C#CCNC(=O)CN)cc1. The van der Waals surface area contributed by atoms with Crippen LogP contribution in [0.5, 0.6) is 0 Å². The van der Waals surface area contributed by atoms with Crippen LogP contribution in [0.15, 0.2) is 24.3 Å². The van der Waals surface area contributed by atoms with Gasteiger partial charge in [0.2, 0.25) is 5.91 Å². The fourth-order valence-corrected chi connectivity index (χ4v) is 1.40. The predicted molar refractivity (Wildman–Crippen MR) is 69.4 cm³/mol. The summed E-state index contributed by atoms with van der Waals surface area (Å²) in [5.41, 5.74) is 7.44. The van der Waals surface area contributed by atoms with Crippen LogP contribution in [0.4, 0.5) is 0 Å². The second-order valence-corrected chi connectivity index (χ2v) is 3.73. The first kappa shape index (κ1) is 13.3. The summed E-state index contributed by atoms with van der Waals surface area (Å²) in [5, 5.41) is 2.60. The molecule has 0 heterocycles. The Morgan fingerprint density at radius 1 is 1.35 bits per heavy atom. The third kappa shape index (κ3) is 5.19. The number of carbonyl (C=O) groups excluding carboxylic acids is 1. The van der Waals surface area contributed by atoms with Gasteiger partial charge in [-0.1, -0.05) is 37.3 Å². The quantitative estimate of drug-likeness (QED) is 0.760. The minimum absolute atomic E-state index is 0.00734. The van der Waals surface area contributed by atoms with E-state index in [0.717, 1.165) is 18.4 Å². The van der Waals surface area contributed by atoms with Crippen molar-refractivity contribution in [2.24, 2.45) is 5.73 Å². The highest BCUT2D eigenvalue weighted by Gasteiger charge is 1.92. The average molecular weight is 230 g/mol. The first-order valence-electron chi connectivity index (χ1n) is 5.81. The predicted octanol–water partition coefficient (Wildman–Crippen LogP) is 1.07. The lowest BCUT2D eigenvalue weighted by molar-refractivity contribution is -0.119. The third-order valence-electron chi connectivity index (χ3n) is 2.28. The highest BCUT2D eigenvalue weighted by atomic mass is 16.1. The molecule has 3 heteroatoms. The van der Waals surface area contributed by atoms with E-state index in [1.165, 1.54) is 5.56 Å². The number of hydrogen-bond acceptors (Lipinski definition) is 2. The number of aryl methyl sites for hydroxylation is 1. The summed E-state index contributed by atoms with van der Waals surface area (Å²) in [7, 11) is 0. The second-order valence-electron chi connectivity index (χ2n) is 3.73. The molecule has 3 N–H and O–H groups in total. The van der Waals surface area contributed by atoms with E-state index in [0.29, 0.717) is 6.54 Å². The smallest absolute Gasteiger partial charge is 0.234 e. The van der Waals surface area contributed by atoms with Gasteiger partial charge in [0.25, 0.3) is 0 Å². The molecule has 0 unspecified atom stereocenters.